The van der Waals surface area contributed by atoms with E-state index < -0.39 is 43.4 Å². The maximum Gasteiger partial charge on any atom is 0.306 e. The molecular formula is C56H102O9. The molecule has 9 nitrogen and oxygen atoms in total. The first kappa shape index (κ1) is 61.2. The van der Waals surface area contributed by atoms with Crippen LogP contribution in [0.4, 0.5) is 0 Å². The molecule has 6 atom stereocenters. The lowest BCUT2D eigenvalue weighted by atomic mass is 9.99. The van der Waals surface area contributed by atoms with Crippen molar-refractivity contribution in [2.24, 2.45) is 0 Å². The minimum Gasteiger partial charge on any atom is -0.457 e. The van der Waals surface area contributed by atoms with E-state index in [0.717, 1.165) is 44.9 Å². The number of hydrogen-bond donors (Lipinski definition) is 4. The Labute approximate surface area is 399 Å². The molecule has 0 amide bonds. The lowest BCUT2D eigenvalue weighted by molar-refractivity contribution is -0.305. The van der Waals surface area contributed by atoms with Crippen molar-refractivity contribution < 1.29 is 44.2 Å². The fourth-order valence-electron chi connectivity index (χ4n) is 8.20. The second-order valence-corrected chi connectivity index (χ2v) is 18.7. The van der Waals surface area contributed by atoms with Crippen LogP contribution >= 0.6 is 0 Å². The number of allylic oxidation sites excluding steroid dienone is 8. The van der Waals surface area contributed by atoms with E-state index in [-0.39, 0.29) is 19.2 Å². The Bertz CT molecular complexity index is 1140. The third-order valence-electron chi connectivity index (χ3n) is 12.5. The highest BCUT2D eigenvalue weighted by molar-refractivity contribution is 5.69. The van der Waals surface area contributed by atoms with E-state index >= 15 is 0 Å². The molecule has 0 spiro atoms. The normalized spacial score (nSPS) is 19.8. The van der Waals surface area contributed by atoms with E-state index in [4.69, 9.17) is 18.9 Å². The van der Waals surface area contributed by atoms with E-state index in [0.29, 0.717) is 13.0 Å². The first-order valence-electron chi connectivity index (χ1n) is 27.2. The summed E-state index contributed by atoms with van der Waals surface area (Å²) in [6, 6.07) is 0. The maximum atomic E-state index is 12.8. The molecule has 1 heterocycles. The van der Waals surface area contributed by atoms with Crippen LogP contribution in [0, 0.1) is 0 Å². The molecule has 0 saturated carbocycles. The number of unbranched alkanes of at least 4 members (excludes halogenated alkanes) is 28. The van der Waals surface area contributed by atoms with Gasteiger partial charge in [-0.3, -0.25) is 4.79 Å². The molecule has 380 valence electrons. The minimum absolute atomic E-state index is 0.117. The van der Waals surface area contributed by atoms with Gasteiger partial charge in [0.25, 0.3) is 0 Å². The fraction of sp³-hybridized carbons (Fsp3) is 0.839. The van der Waals surface area contributed by atoms with Crippen molar-refractivity contribution in [3.63, 3.8) is 0 Å². The summed E-state index contributed by atoms with van der Waals surface area (Å²) in [7, 11) is 0. The van der Waals surface area contributed by atoms with Crippen LogP contribution in [0.3, 0.4) is 0 Å². The SMILES string of the molecule is CCCCCCC/C=C\C/C=C\C/C=C\CCCCCCCCCCCOCC(COC1OC(CO)C(O)C(O)C1O)OC(=O)CCCCCCCCC/C=C\CCCCCCCCC. The zero-order valence-corrected chi connectivity index (χ0v) is 42.0. The smallest absolute Gasteiger partial charge is 0.306 e. The molecule has 0 bridgehead atoms. The Hall–Kier alpha value is -1.85. The summed E-state index contributed by atoms with van der Waals surface area (Å²) in [5, 5.41) is 40.3. The van der Waals surface area contributed by atoms with Gasteiger partial charge < -0.3 is 39.4 Å². The van der Waals surface area contributed by atoms with Gasteiger partial charge in [0, 0.05) is 13.0 Å². The van der Waals surface area contributed by atoms with Crippen molar-refractivity contribution in [1.82, 2.24) is 0 Å². The van der Waals surface area contributed by atoms with Crippen LogP contribution in [0.2, 0.25) is 0 Å². The Balaban J connectivity index is 2.19. The van der Waals surface area contributed by atoms with E-state index in [1.807, 2.05) is 0 Å². The van der Waals surface area contributed by atoms with Crippen molar-refractivity contribution in [1.29, 1.82) is 0 Å². The molecule has 6 unspecified atom stereocenters. The summed E-state index contributed by atoms with van der Waals surface area (Å²) in [6.45, 7) is 4.55. The van der Waals surface area contributed by atoms with Gasteiger partial charge in [-0.05, 0) is 77.0 Å². The summed E-state index contributed by atoms with van der Waals surface area (Å²) in [6.07, 6.45) is 52.9. The molecule has 1 fully saturated rings. The number of esters is 1. The molecule has 4 N–H and O–H groups in total. The monoisotopic (exact) mass is 919 g/mol. The van der Waals surface area contributed by atoms with Gasteiger partial charge in [0.2, 0.25) is 0 Å². The first-order chi connectivity index (χ1) is 31.9. The number of carbonyl (C=O) groups is 1. The number of hydrogen-bond acceptors (Lipinski definition) is 9. The minimum atomic E-state index is -1.54. The van der Waals surface area contributed by atoms with E-state index in [1.54, 1.807) is 0 Å². The van der Waals surface area contributed by atoms with Crippen molar-refractivity contribution in [2.45, 2.75) is 275 Å². The van der Waals surface area contributed by atoms with Crippen LogP contribution in [0.5, 0.6) is 0 Å². The standard InChI is InChI=1S/C56H102O9/c1-3-5-7-9-11-13-15-17-19-21-23-24-25-26-27-28-30-32-34-36-38-40-42-44-46-62-48-50(49-63-56-55(61)54(60)53(59)51(47-57)65-56)64-52(58)45-43-41-39-37-35-33-31-29-22-20-18-16-14-12-10-8-6-4-2/h15,17,20-23,25-26,50-51,53-57,59-61H,3-14,16,18-19,24,27-49H2,1-2H3/b17-15-,22-20-,23-21-,26-25-. The van der Waals surface area contributed by atoms with Gasteiger partial charge in [-0.25, -0.2) is 0 Å². The maximum absolute atomic E-state index is 12.8. The van der Waals surface area contributed by atoms with Crippen LogP contribution in [0.25, 0.3) is 0 Å². The molecule has 0 aromatic heterocycles. The summed E-state index contributed by atoms with van der Waals surface area (Å²) in [5.74, 6) is -0.318. The molecule has 0 aromatic carbocycles. The first-order valence-corrected chi connectivity index (χ1v) is 27.2. The second-order valence-electron chi connectivity index (χ2n) is 18.7. The van der Waals surface area contributed by atoms with Crippen LogP contribution in [-0.4, -0.2) is 89.6 Å². The highest BCUT2D eigenvalue weighted by Crippen LogP contribution is 2.23. The van der Waals surface area contributed by atoms with Crippen molar-refractivity contribution in [3.05, 3.63) is 48.6 Å². The number of aliphatic hydroxyl groups excluding tert-OH is 4. The second kappa shape index (κ2) is 47.2. The zero-order valence-electron chi connectivity index (χ0n) is 42.0. The van der Waals surface area contributed by atoms with E-state index in [9.17, 15) is 25.2 Å². The number of rotatable bonds is 47. The predicted octanol–water partition coefficient (Wildman–Crippen LogP) is 13.6. The largest absolute Gasteiger partial charge is 0.457 e. The average Bonchev–Trinajstić information content (AvgIpc) is 3.31. The van der Waals surface area contributed by atoms with Gasteiger partial charge in [0.05, 0.1) is 19.8 Å². The number of carbonyl (C=O) groups excluding carboxylic acids is 1. The predicted molar refractivity (Wildman–Crippen MR) is 270 cm³/mol. The van der Waals surface area contributed by atoms with Crippen LogP contribution in [-0.2, 0) is 23.7 Å². The van der Waals surface area contributed by atoms with Crippen molar-refractivity contribution in [2.75, 3.05) is 26.4 Å². The highest BCUT2D eigenvalue weighted by Gasteiger charge is 2.44. The molecule has 1 saturated heterocycles. The summed E-state index contributed by atoms with van der Waals surface area (Å²) >= 11 is 0. The van der Waals surface area contributed by atoms with Crippen LogP contribution in [0.15, 0.2) is 48.6 Å². The van der Waals surface area contributed by atoms with E-state index in [2.05, 4.69) is 62.5 Å². The van der Waals surface area contributed by atoms with Gasteiger partial charge in [0.1, 0.15) is 30.5 Å². The quantitative estimate of drug-likeness (QED) is 0.0267. The summed E-state index contributed by atoms with van der Waals surface area (Å²) in [4.78, 5) is 12.8. The average molecular weight is 919 g/mol. The fourth-order valence-corrected chi connectivity index (χ4v) is 8.20. The number of aliphatic hydroxyl groups is 4. The highest BCUT2D eigenvalue weighted by atomic mass is 16.7. The van der Waals surface area contributed by atoms with Crippen molar-refractivity contribution in [3.8, 4) is 0 Å². The van der Waals surface area contributed by atoms with Gasteiger partial charge in [-0.2, -0.15) is 0 Å². The molecule has 0 aliphatic carbocycles. The third kappa shape index (κ3) is 37.8. The summed E-state index contributed by atoms with van der Waals surface area (Å²) < 4.78 is 22.9. The Morgan fingerprint density at radius 1 is 0.492 bits per heavy atom. The third-order valence-corrected chi connectivity index (χ3v) is 12.5. The molecule has 1 aliphatic rings. The molecule has 0 aromatic rings. The van der Waals surface area contributed by atoms with Gasteiger partial charge in [-0.15, -0.1) is 0 Å². The number of ether oxygens (including phenoxy) is 4. The lowest BCUT2D eigenvalue weighted by Gasteiger charge is -2.39. The topological polar surface area (TPSA) is 135 Å². The molecule has 65 heavy (non-hydrogen) atoms. The van der Waals surface area contributed by atoms with E-state index in [1.165, 1.54) is 173 Å². The van der Waals surface area contributed by atoms with Crippen molar-refractivity contribution >= 4 is 5.97 Å². The lowest BCUT2D eigenvalue weighted by Crippen LogP contribution is -2.59. The van der Waals surface area contributed by atoms with Crippen LogP contribution in [0.1, 0.15) is 239 Å². The van der Waals surface area contributed by atoms with Gasteiger partial charge in [-0.1, -0.05) is 204 Å². The Kier molecular flexibility index (Phi) is 44.4. The van der Waals surface area contributed by atoms with Crippen LogP contribution < -0.4 is 0 Å². The molecule has 0 radical (unpaired) electrons. The Morgan fingerprint density at radius 3 is 1.35 bits per heavy atom. The van der Waals surface area contributed by atoms with Gasteiger partial charge in [0.15, 0.2) is 6.29 Å². The van der Waals surface area contributed by atoms with Gasteiger partial charge >= 0.3 is 5.97 Å². The Morgan fingerprint density at radius 2 is 0.892 bits per heavy atom. The summed E-state index contributed by atoms with van der Waals surface area (Å²) in [5.41, 5.74) is 0. The molecule has 1 aliphatic heterocycles. The molecular weight excluding hydrogens is 817 g/mol. The molecule has 1 rings (SSSR count). The zero-order chi connectivity index (χ0) is 47.1. The molecule has 9 heteroatoms.